The maximum absolute atomic E-state index is 13.3. The van der Waals surface area contributed by atoms with E-state index in [9.17, 15) is 9.59 Å². The van der Waals surface area contributed by atoms with Gasteiger partial charge in [0.1, 0.15) is 5.82 Å². The van der Waals surface area contributed by atoms with Crippen molar-refractivity contribution in [3.63, 3.8) is 0 Å². The lowest BCUT2D eigenvalue weighted by atomic mass is 9.97. The molecule has 1 aromatic carbocycles. The number of rotatable bonds is 5. The Balaban J connectivity index is 1.34. The van der Waals surface area contributed by atoms with Gasteiger partial charge < -0.3 is 20.4 Å². The fraction of sp³-hybridized carbons (Fsp3) is 0.348. The van der Waals surface area contributed by atoms with Crippen molar-refractivity contribution in [1.82, 2.24) is 24.9 Å². The number of anilines is 1. The maximum Gasteiger partial charge on any atom is 0.320 e. The highest BCUT2D eigenvalue weighted by atomic mass is 35.5. The third kappa shape index (κ3) is 4.79. The number of piperazine rings is 1. The van der Waals surface area contributed by atoms with Gasteiger partial charge in [0.2, 0.25) is 0 Å². The lowest BCUT2D eigenvalue weighted by Crippen LogP contribution is -2.57. The number of amides is 2. The van der Waals surface area contributed by atoms with Crippen molar-refractivity contribution in [2.45, 2.75) is 12.5 Å². The molecule has 0 radical (unpaired) electrons. The highest BCUT2D eigenvalue weighted by Crippen LogP contribution is 2.30. The number of thiophene rings is 1. The number of urea groups is 1. The van der Waals surface area contributed by atoms with Gasteiger partial charge in [-0.3, -0.25) is 4.79 Å². The topological polar surface area (TPSA) is 82.5 Å². The van der Waals surface area contributed by atoms with Gasteiger partial charge in [0.15, 0.2) is 0 Å². The van der Waals surface area contributed by atoms with E-state index in [1.165, 1.54) is 16.0 Å². The lowest BCUT2D eigenvalue weighted by molar-refractivity contribution is 0.0941. The van der Waals surface area contributed by atoms with Crippen molar-refractivity contribution in [3.05, 3.63) is 68.0 Å². The fourth-order valence-corrected chi connectivity index (χ4v) is 5.37. The molecule has 0 saturated carbocycles. The molecule has 178 valence electrons. The number of nitrogens with one attached hydrogen (secondary N) is 2. The van der Waals surface area contributed by atoms with Crippen molar-refractivity contribution < 1.29 is 9.59 Å². The summed E-state index contributed by atoms with van der Waals surface area (Å²) in [5.74, 6) is 0.344. The molecule has 2 amide bonds. The van der Waals surface area contributed by atoms with Crippen molar-refractivity contribution >= 4 is 52.3 Å². The van der Waals surface area contributed by atoms with Crippen LogP contribution in [0.4, 0.5) is 10.6 Å². The molecule has 2 aliphatic rings. The van der Waals surface area contributed by atoms with Crippen molar-refractivity contribution in [2.24, 2.45) is 0 Å². The Morgan fingerprint density at radius 2 is 1.85 bits per heavy atom. The van der Waals surface area contributed by atoms with Gasteiger partial charge in [-0.2, -0.15) is 9.78 Å². The molecule has 4 heterocycles. The average molecular weight is 519 g/mol. The third-order valence-corrected chi connectivity index (χ3v) is 7.62. The van der Waals surface area contributed by atoms with E-state index >= 15 is 0 Å². The van der Waals surface area contributed by atoms with Gasteiger partial charge in [-0.1, -0.05) is 35.3 Å². The van der Waals surface area contributed by atoms with E-state index in [2.05, 4.69) is 15.7 Å². The zero-order valence-corrected chi connectivity index (χ0v) is 20.7. The molecule has 2 aromatic heterocycles. The van der Waals surface area contributed by atoms with E-state index < -0.39 is 0 Å². The Labute approximate surface area is 211 Å². The summed E-state index contributed by atoms with van der Waals surface area (Å²) >= 11 is 13.8. The van der Waals surface area contributed by atoms with Gasteiger partial charge in [-0.15, -0.1) is 11.3 Å². The number of benzene rings is 1. The van der Waals surface area contributed by atoms with Crippen LogP contribution in [0.25, 0.3) is 0 Å². The van der Waals surface area contributed by atoms with Crippen LogP contribution in [0.15, 0.2) is 42.5 Å². The second kappa shape index (κ2) is 9.95. The Morgan fingerprint density at radius 1 is 1.09 bits per heavy atom. The Morgan fingerprint density at radius 3 is 2.56 bits per heavy atom. The molecule has 8 nitrogen and oxygen atoms in total. The minimum Gasteiger partial charge on any atom is -0.365 e. The summed E-state index contributed by atoms with van der Waals surface area (Å²) in [4.78, 5) is 30.8. The molecule has 2 saturated heterocycles. The van der Waals surface area contributed by atoms with E-state index in [0.29, 0.717) is 40.4 Å². The molecule has 2 fully saturated rings. The van der Waals surface area contributed by atoms with Crippen LogP contribution in [0.1, 0.15) is 26.8 Å². The monoisotopic (exact) mass is 518 g/mol. The van der Waals surface area contributed by atoms with Crippen LogP contribution in [-0.2, 0) is 6.54 Å². The molecule has 2 N–H and O–H groups in total. The van der Waals surface area contributed by atoms with Crippen LogP contribution >= 0.6 is 34.5 Å². The number of nitrogens with zero attached hydrogens (tertiary/aromatic N) is 4. The van der Waals surface area contributed by atoms with Crippen molar-refractivity contribution in [3.8, 4) is 0 Å². The SMILES string of the molecule is O=C(N1CCNCC1)N1CC(c2cc(NCc3ccc(Cl)s3)n(C(=O)c3ccccc3Cl)n2)C1. The van der Waals surface area contributed by atoms with E-state index in [4.69, 9.17) is 23.2 Å². The van der Waals surface area contributed by atoms with Crippen LogP contribution in [0.3, 0.4) is 0 Å². The summed E-state index contributed by atoms with van der Waals surface area (Å²) < 4.78 is 2.08. The number of carbonyl (C=O) groups is 2. The van der Waals surface area contributed by atoms with Gasteiger partial charge in [-0.05, 0) is 24.3 Å². The summed E-state index contributed by atoms with van der Waals surface area (Å²) in [6, 6.07) is 12.7. The van der Waals surface area contributed by atoms with E-state index in [-0.39, 0.29) is 17.9 Å². The lowest BCUT2D eigenvalue weighted by Gasteiger charge is -2.42. The largest absolute Gasteiger partial charge is 0.365 e. The smallest absolute Gasteiger partial charge is 0.320 e. The minimum absolute atomic E-state index is 0.0669. The second-order valence-corrected chi connectivity index (χ2v) is 10.5. The highest BCUT2D eigenvalue weighted by molar-refractivity contribution is 7.16. The number of hydrogen-bond donors (Lipinski definition) is 2. The molecule has 0 atom stereocenters. The highest BCUT2D eigenvalue weighted by Gasteiger charge is 2.36. The van der Waals surface area contributed by atoms with Crippen LogP contribution in [0.2, 0.25) is 9.36 Å². The van der Waals surface area contributed by atoms with Crippen LogP contribution < -0.4 is 10.6 Å². The quantitative estimate of drug-likeness (QED) is 0.533. The third-order valence-electron chi connectivity index (χ3n) is 6.06. The average Bonchev–Trinajstić information content (AvgIpc) is 3.43. The fourth-order valence-electron chi connectivity index (χ4n) is 4.13. The predicted molar refractivity (Wildman–Crippen MR) is 134 cm³/mol. The molecular weight excluding hydrogens is 495 g/mol. The molecule has 0 spiro atoms. The number of aromatic nitrogens is 2. The molecule has 3 aromatic rings. The Hall–Kier alpha value is -2.59. The second-order valence-electron chi connectivity index (χ2n) is 8.33. The van der Waals surface area contributed by atoms with Crippen molar-refractivity contribution in [2.75, 3.05) is 44.6 Å². The molecular formula is C23H24Cl2N6O2S. The van der Waals surface area contributed by atoms with Crippen LogP contribution in [-0.4, -0.2) is 70.8 Å². The Kier molecular flexibility index (Phi) is 6.78. The first-order valence-corrected chi connectivity index (χ1v) is 12.7. The minimum atomic E-state index is -0.309. The summed E-state index contributed by atoms with van der Waals surface area (Å²) in [5.41, 5.74) is 1.15. The number of likely N-dealkylation sites (tertiary alicyclic amines) is 1. The zero-order chi connectivity index (χ0) is 23.7. The number of carbonyl (C=O) groups excluding carboxylic acids is 2. The van der Waals surface area contributed by atoms with Gasteiger partial charge in [0, 0.05) is 56.1 Å². The number of halogens is 2. The summed E-state index contributed by atoms with van der Waals surface area (Å²) in [6.45, 7) is 4.77. The van der Waals surface area contributed by atoms with E-state index in [0.717, 1.165) is 36.8 Å². The molecule has 0 bridgehead atoms. The molecule has 0 aliphatic carbocycles. The van der Waals surface area contributed by atoms with E-state index in [1.807, 2.05) is 28.0 Å². The zero-order valence-electron chi connectivity index (χ0n) is 18.3. The summed E-state index contributed by atoms with van der Waals surface area (Å²) in [7, 11) is 0. The van der Waals surface area contributed by atoms with Gasteiger partial charge in [0.05, 0.1) is 27.2 Å². The van der Waals surface area contributed by atoms with Gasteiger partial charge in [0.25, 0.3) is 5.91 Å². The summed E-state index contributed by atoms with van der Waals surface area (Å²) in [5, 5.41) is 11.6. The molecule has 34 heavy (non-hydrogen) atoms. The van der Waals surface area contributed by atoms with Crippen LogP contribution in [0.5, 0.6) is 0 Å². The predicted octanol–water partition coefficient (Wildman–Crippen LogP) is 3.98. The first kappa shape index (κ1) is 23.2. The molecule has 5 rings (SSSR count). The van der Waals surface area contributed by atoms with Gasteiger partial charge >= 0.3 is 6.03 Å². The normalized spacial score (nSPS) is 16.4. The standard InChI is InChI=1S/C23H24Cl2N6O2S/c24-18-4-2-1-3-17(18)22(32)31-21(27-12-16-5-6-20(25)34-16)11-19(28-31)15-13-30(14-15)23(33)29-9-7-26-8-10-29/h1-6,11,15,26-27H,7-10,12-14H2. The van der Waals surface area contributed by atoms with E-state index in [1.54, 1.807) is 24.3 Å². The van der Waals surface area contributed by atoms with Gasteiger partial charge in [-0.25, -0.2) is 4.79 Å². The molecule has 2 aliphatic heterocycles. The first-order valence-electron chi connectivity index (χ1n) is 11.1. The maximum atomic E-state index is 13.3. The number of hydrogen-bond acceptors (Lipinski definition) is 6. The van der Waals surface area contributed by atoms with Crippen molar-refractivity contribution in [1.29, 1.82) is 0 Å². The molecule has 11 heteroatoms. The molecule has 0 unspecified atom stereocenters. The first-order chi connectivity index (χ1) is 16.5. The Bertz CT molecular complexity index is 1200. The summed E-state index contributed by atoms with van der Waals surface area (Å²) in [6.07, 6.45) is 0. The van der Waals surface area contributed by atoms with Crippen LogP contribution in [0, 0.1) is 0 Å².